The molecule has 3 rings (SSSR count). The van der Waals surface area contributed by atoms with E-state index < -0.39 is 17.9 Å². The highest BCUT2D eigenvalue weighted by Crippen LogP contribution is 2.32. The summed E-state index contributed by atoms with van der Waals surface area (Å²) in [7, 11) is 0. The van der Waals surface area contributed by atoms with E-state index in [0.29, 0.717) is 25.3 Å². The maximum Gasteiger partial charge on any atom is 0.322 e. The lowest BCUT2D eigenvalue weighted by molar-refractivity contribution is -0.144. The van der Waals surface area contributed by atoms with Crippen molar-refractivity contribution in [1.29, 1.82) is 0 Å². The van der Waals surface area contributed by atoms with Gasteiger partial charge < -0.3 is 5.11 Å². The zero-order valence-corrected chi connectivity index (χ0v) is 13.3. The molecule has 118 valence electrons. The number of hydrogen-bond acceptors (Lipinski definition) is 4. The summed E-state index contributed by atoms with van der Waals surface area (Å²) in [6, 6.07) is 7.62. The first-order chi connectivity index (χ1) is 10.6. The lowest BCUT2D eigenvalue weighted by Gasteiger charge is -2.26. The van der Waals surface area contributed by atoms with Crippen LogP contribution in [0.1, 0.15) is 30.4 Å². The fraction of sp³-hybridized carbons (Fsp3) is 0.529. The largest absolute Gasteiger partial charge is 0.480 e. The van der Waals surface area contributed by atoms with Crippen molar-refractivity contribution in [3.8, 4) is 0 Å². The van der Waals surface area contributed by atoms with Crippen LogP contribution in [-0.4, -0.2) is 33.8 Å². The molecule has 0 bridgehead atoms. The average molecular weight is 319 g/mol. The van der Waals surface area contributed by atoms with Gasteiger partial charge in [0.15, 0.2) is 0 Å². The predicted octanol–water partition coefficient (Wildman–Crippen LogP) is 2.37. The summed E-state index contributed by atoms with van der Waals surface area (Å²) in [5, 5.41) is 9.30. The molecule has 2 aliphatic rings. The molecule has 3 atom stereocenters. The van der Waals surface area contributed by atoms with Gasteiger partial charge in [0, 0.05) is 18.9 Å². The molecule has 22 heavy (non-hydrogen) atoms. The minimum Gasteiger partial charge on any atom is -0.480 e. The highest BCUT2D eigenvalue weighted by molar-refractivity contribution is 7.77. The minimum absolute atomic E-state index is 0.0910. The van der Waals surface area contributed by atoms with Gasteiger partial charge in [0.25, 0.3) is 0 Å². The molecule has 0 radical (unpaired) electrons. The van der Waals surface area contributed by atoms with Gasteiger partial charge in [0.1, 0.15) is 11.8 Å². The van der Waals surface area contributed by atoms with Crippen LogP contribution in [0.15, 0.2) is 24.3 Å². The summed E-state index contributed by atoms with van der Waals surface area (Å²) in [4.78, 5) is 23.9. The molecule has 0 spiro atoms. The fourth-order valence-corrected chi connectivity index (χ4v) is 4.17. The first-order valence-electron chi connectivity index (χ1n) is 7.84. The molecule has 1 aromatic rings. The summed E-state index contributed by atoms with van der Waals surface area (Å²) in [6.45, 7) is 0.560. The Kier molecular flexibility index (Phi) is 4.54. The van der Waals surface area contributed by atoms with Crippen LogP contribution in [0.4, 0.5) is 0 Å². The molecular formula is C17H21NO3S. The number of nitrogens with zero attached hydrogens (tertiary/aromatic N) is 1. The summed E-state index contributed by atoms with van der Waals surface area (Å²) >= 11 is 4.18. The maximum absolute atomic E-state index is 12.6. The van der Waals surface area contributed by atoms with Crippen LogP contribution in [0.2, 0.25) is 0 Å². The van der Waals surface area contributed by atoms with Crippen LogP contribution in [0.3, 0.4) is 0 Å². The van der Waals surface area contributed by atoms with Crippen LogP contribution < -0.4 is 0 Å². The Labute approximate surface area is 136 Å². The summed E-state index contributed by atoms with van der Waals surface area (Å²) < 4.78 is 1.49. The number of carbonyl (C=O) groups is 2. The zero-order chi connectivity index (χ0) is 15.7. The Bertz CT molecular complexity index is 589. The molecule has 0 amide bonds. The number of ketones is 1. The molecule has 1 saturated heterocycles. The van der Waals surface area contributed by atoms with E-state index in [1.165, 1.54) is 15.4 Å². The summed E-state index contributed by atoms with van der Waals surface area (Å²) in [5.74, 6) is -0.925. The average Bonchev–Trinajstić information content (AvgIpc) is 2.89. The quantitative estimate of drug-likeness (QED) is 0.837. The van der Waals surface area contributed by atoms with Gasteiger partial charge in [-0.2, -0.15) is 0 Å². The van der Waals surface area contributed by atoms with Crippen molar-refractivity contribution in [2.45, 2.75) is 38.1 Å². The second-order valence-corrected chi connectivity index (χ2v) is 6.90. The normalized spacial score (nSPS) is 28.3. The third kappa shape index (κ3) is 3.06. The number of carboxylic acids is 1. The fourth-order valence-electron chi connectivity index (χ4n) is 3.80. The van der Waals surface area contributed by atoms with E-state index in [2.05, 4.69) is 31.0 Å². The highest BCUT2D eigenvalue weighted by Gasteiger charge is 2.42. The Morgan fingerprint density at radius 1 is 1.23 bits per heavy atom. The van der Waals surface area contributed by atoms with E-state index in [-0.39, 0.29) is 5.78 Å². The standard InChI is InChI=1S/C17H21NO3S/c19-15(14-7-8-18(22)16(14)17(20)21)10-11-5-6-12-3-1-2-4-13(12)9-11/h1-4,11,14,16,22H,5-10H2,(H,20,21)/t11?,14?,16-/m0/s1. The topological polar surface area (TPSA) is 57.6 Å². The first-order valence-corrected chi connectivity index (χ1v) is 8.24. The molecule has 1 fully saturated rings. The smallest absolute Gasteiger partial charge is 0.322 e. The van der Waals surface area contributed by atoms with Gasteiger partial charge in [-0.25, -0.2) is 4.31 Å². The van der Waals surface area contributed by atoms with Crippen molar-refractivity contribution in [2.75, 3.05) is 6.54 Å². The van der Waals surface area contributed by atoms with Gasteiger partial charge in [-0.1, -0.05) is 37.1 Å². The van der Waals surface area contributed by atoms with Gasteiger partial charge in [-0.05, 0) is 42.7 Å². The molecule has 1 aliphatic heterocycles. The third-order valence-electron chi connectivity index (χ3n) is 4.98. The summed E-state index contributed by atoms with van der Waals surface area (Å²) in [6.07, 6.45) is 4.04. The molecule has 4 nitrogen and oxygen atoms in total. The predicted molar refractivity (Wildman–Crippen MR) is 86.8 cm³/mol. The number of aliphatic carboxylic acids is 1. The molecule has 1 N–H and O–H groups in total. The van der Waals surface area contributed by atoms with Crippen molar-refractivity contribution >= 4 is 24.6 Å². The van der Waals surface area contributed by atoms with Gasteiger partial charge in [-0.3, -0.25) is 9.59 Å². The number of carbonyl (C=O) groups excluding carboxylic acids is 1. The monoisotopic (exact) mass is 319 g/mol. The highest BCUT2D eigenvalue weighted by atomic mass is 32.1. The molecule has 1 heterocycles. The van der Waals surface area contributed by atoms with Crippen molar-refractivity contribution in [3.63, 3.8) is 0 Å². The molecule has 5 heteroatoms. The van der Waals surface area contributed by atoms with Crippen molar-refractivity contribution in [3.05, 3.63) is 35.4 Å². The van der Waals surface area contributed by atoms with E-state index in [1.807, 2.05) is 6.07 Å². The van der Waals surface area contributed by atoms with Crippen LogP contribution in [0.25, 0.3) is 0 Å². The Balaban J connectivity index is 1.64. The number of thiol groups is 1. The van der Waals surface area contributed by atoms with Gasteiger partial charge in [0.05, 0.1) is 0 Å². The van der Waals surface area contributed by atoms with Crippen LogP contribution in [0.5, 0.6) is 0 Å². The maximum atomic E-state index is 12.6. The zero-order valence-electron chi connectivity index (χ0n) is 12.4. The third-order valence-corrected chi connectivity index (χ3v) is 5.43. The number of carboxylic acid groups (broad SMARTS) is 1. The molecule has 1 aromatic carbocycles. The molecular weight excluding hydrogens is 298 g/mol. The second kappa shape index (κ2) is 6.42. The second-order valence-electron chi connectivity index (χ2n) is 6.39. The number of fused-ring (bicyclic) bond motifs is 1. The lowest BCUT2D eigenvalue weighted by Crippen LogP contribution is -2.38. The lowest BCUT2D eigenvalue weighted by atomic mass is 9.79. The van der Waals surface area contributed by atoms with Crippen LogP contribution >= 0.6 is 12.8 Å². The number of Topliss-reactive ketones (excluding diaryl/α,β-unsaturated/α-hetero) is 1. The SMILES string of the molecule is O=C(CC1CCc2ccccc2C1)C1CCN(S)[C@@H]1C(=O)O. The van der Waals surface area contributed by atoms with Crippen molar-refractivity contribution in [1.82, 2.24) is 4.31 Å². The van der Waals surface area contributed by atoms with E-state index >= 15 is 0 Å². The number of aryl methyl sites for hydroxylation is 1. The van der Waals surface area contributed by atoms with Gasteiger partial charge >= 0.3 is 5.97 Å². The molecule has 0 aromatic heterocycles. The summed E-state index contributed by atoms with van der Waals surface area (Å²) in [5.41, 5.74) is 2.72. The van der Waals surface area contributed by atoms with Crippen molar-refractivity contribution in [2.24, 2.45) is 11.8 Å². The van der Waals surface area contributed by atoms with Crippen molar-refractivity contribution < 1.29 is 14.7 Å². The number of benzene rings is 1. The Hall–Kier alpha value is -1.33. The molecule has 1 aliphatic carbocycles. The van der Waals surface area contributed by atoms with Gasteiger partial charge in [-0.15, -0.1) is 0 Å². The number of hydrogen-bond donors (Lipinski definition) is 2. The van der Waals surface area contributed by atoms with E-state index in [4.69, 9.17) is 0 Å². The molecule has 0 saturated carbocycles. The molecule has 2 unspecified atom stereocenters. The van der Waals surface area contributed by atoms with Gasteiger partial charge in [0.2, 0.25) is 0 Å². The Morgan fingerprint density at radius 2 is 1.95 bits per heavy atom. The Morgan fingerprint density at radius 3 is 2.68 bits per heavy atom. The van der Waals surface area contributed by atoms with E-state index in [1.54, 1.807) is 0 Å². The number of rotatable bonds is 4. The van der Waals surface area contributed by atoms with E-state index in [9.17, 15) is 14.7 Å². The van der Waals surface area contributed by atoms with Crippen LogP contribution in [-0.2, 0) is 22.4 Å². The minimum atomic E-state index is -0.945. The van der Waals surface area contributed by atoms with Crippen LogP contribution in [0, 0.1) is 11.8 Å². The van der Waals surface area contributed by atoms with E-state index in [0.717, 1.165) is 19.3 Å². The first kappa shape index (κ1) is 15.6.